The lowest BCUT2D eigenvalue weighted by atomic mass is 9.79. The zero-order valence-corrected chi connectivity index (χ0v) is 18.8. The molecular weight excluding hydrogens is 360 g/mol. The first-order valence-corrected chi connectivity index (χ1v) is 11.1. The van der Waals surface area contributed by atoms with Crippen LogP contribution < -0.4 is 10.6 Å². The van der Waals surface area contributed by atoms with Crippen molar-refractivity contribution in [2.24, 2.45) is 10.9 Å². The highest BCUT2D eigenvalue weighted by atomic mass is 16.5. The average Bonchev–Trinajstić information content (AvgIpc) is 2.63. The summed E-state index contributed by atoms with van der Waals surface area (Å²) in [6, 6.07) is 0.184. The van der Waals surface area contributed by atoms with E-state index in [0.29, 0.717) is 6.61 Å². The predicted octanol–water partition coefficient (Wildman–Crippen LogP) is 3.78. The Bertz CT molecular complexity index is 725. The first kappa shape index (κ1) is 21.8. The van der Waals surface area contributed by atoms with Gasteiger partial charge in [0.15, 0.2) is 0 Å². The van der Waals surface area contributed by atoms with Crippen molar-refractivity contribution in [1.29, 1.82) is 0 Å². The molecule has 0 amide bonds. The Morgan fingerprint density at radius 3 is 2.79 bits per heavy atom. The number of aliphatic imine (C=N–C) groups is 1. The lowest BCUT2D eigenvalue weighted by Gasteiger charge is -2.38. The molecule has 29 heavy (non-hydrogen) atoms. The van der Waals surface area contributed by atoms with Crippen LogP contribution in [0.3, 0.4) is 0 Å². The minimum absolute atomic E-state index is 0.184. The number of nitrogens with zero attached hydrogens (tertiary/aromatic N) is 2. The van der Waals surface area contributed by atoms with Gasteiger partial charge in [0.1, 0.15) is 0 Å². The summed E-state index contributed by atoms with van der Waals surface area (Å²) in [6.45, 7) is 8.86. The Morgan fingerprint density at radius 2 is 2.17 bits per heavy atom. The molecule has 3 rings (SSSR count). The molecule has 2 heterocycles. The van der Waals surface area contributed by atoms with Gasteiger partial charge in [-0.25, -0.2) is 0 Å². The highest BCUT2D eigenvalue weighted by molar-refractivity contribution is 5.82. The minimum Gasteiger partial charge on any atom is -0.378 e. The number of hydrogen-bond acceptors (Lipinski definition) is 5. The molecule has 0 radical (unpaired) electrons. The van der Waals surface area contributed by atoms with E-state index in [1.807, 2.05) is 19.5 Å². The standard InChI is InChI=1S/C24H38N4O/c1-17(2)29-12-10-23-21(22(25-4)9-11-27-23)15-26-14-19-13-18(3)24(28(5)16-19)20-7-6-8-20/h9,11,13,15,17,20,22,25,27H,6-8,10,12,14,16H2,1-5H3. The van der Waals surface area contributed by atoms with Crippen LogP contribution in [0.1, 0.15) is 46.5 Å². The number of hydrogen-bond donors (Lipinski definition) is 2. The Hall–Kier alpha value is -1.85. The van der Waals surface area contributed by atoms with Gasteiger partial charge in [0.2, 0.25) is 0 Å². The van der Waals surface area contributed by atoms with Crippen molar-refractivity contribution in [1.82, 2.24) is 15.5 Å². The molecule has 0 bridgehead atoms. The van der Waals surface area contributed by atoms with Gasteiger partial charge in [0, 0.05) is 43.2 Å². The second kappa shape index (κ2) is 10.3. The molecule has 2 N–H and O–H groups in total. The summed E-state index contributed by atoms with van der Waals surface area (Å²) in [7, 11) is 4.22. The summed E-state index contributed by atoms with van der Waals surface area (Å²) in [5.74, 6) is 0.776. The summed E-state index contributed by atoms with van der Waals surface area (Å²) in [5.41, 5.74) is 6.75. The molecule has 0 spiro atoms. The SMILES string of the molecule is CNC1C=CNC(CCOC(C)C)=C1C=NCC1=CC(C)=C(C2CCC2)N(C)C1. The third kappa shape index (κ3) is 5.61. The van der Waals surface area contributed by atoms with Crippen LogP contribution in [0.15, 0.2) is 51.5 Å². The van der Waals surface area contributed by atoms with Crippen molar-refractivity contribution in [3.8, 4) is 0 Å². The number of nitrogens with one attached hydrogen (secondary N) is 2. The predicted molar refractivity (Wildman–Crippen MR) is 122 cm³/mol. The van der Waals surface area contributed by atoms with Gasteiger partial charge in [-0.15, -0.1) is 0 Å². The Morgan fingerprint density at radius 1 is 1.38 bits per heavy atom. The van der Waals surface area contributed by atoms with Crippen LogP contribution in [0.2, 0.25) is 0 Å². The zero-order valence-electron chi connectivity index (χ0n) is 18.8. The molecule has 0 saturated heterocycles. The molecule has 1 aliphatic carbocycles. The molecule has 1 fully saturated rings. The number of rotatable bonds is 9. The van der Waals surface area contributed by atoms with Gasteiger partial charge in [-0.2, -0.15) is 0 Å². The molecule has 0 aromatic carbocycles. The van der Waals surface area contributed by atoms with Crippen molar-refractivity contribution >= 4 is 6.21 Å². The number of dihydropyridines is 1. The number of allylic oxidation sites excluding steroid dienone is 3. The second-order valence-electron chi connectivity index (χ2n) is 8.70. The van der Waals surface area contributed by atoms with E-state index in [9.17, 15) is 0 Å². The normalized spacial score (nSPS) is 23.2. The molecule has 2 aliphatic heterocycles. The van der Waals surface area contributed by atoms with E-state index in [1.54, 1.807) is 5.70 Å². The van der Waals surface area contributed by atoms with Crippen molar-refractivity contribution < 1.29 is 4.74 Å². The highest BCUT2D eigenvalue weighted by Crippen LogP contribution is 2.38. The highest BCUT2D eigenvalue weighted by Gasteiger charge is 2.28. The van der Waals surface area contributed by atoms with E-state index < -0.39 is 0 Å². The average molecular weight is 399 g/mol. The largest absolute Gasteiger partial charge is 0.378 e. The van der Waals surface area contributed by atoms with Crippen molar-refractivity contribution in [2.45, 2.75) is 58.6 Å². The van der Waals surface area contributed by atoms with E-state index in [0.717, 1.165) is 25.4 Å². The Kier molecular flexibility index (Phi) is 7.73. The molecule has 0 aromatic rings. The summed E-state index contributed by atoms with van der Waals surface area (Å²) in [4.78, 5) is 7.27. The van der Waals surface area contributed by atoms with Crippen molar-refractivity contribution in [3.63, 3.8) is 0 Å². The third-order valence-electron chi connectivity index (χ3n) is 6.04. The summed E-state index contributed by atoms with van der Waals surface area (Å²) >= 11 is 0. The fourth-order valence-corrected chi connectivity index (χ4v) is 4.43. The van der Waals surface area contributed by atoms with Crippen molar-refractivity contribution in [2.75, 3.05) is 33.8 Å². The third-order valence-corrected chi connectivity index (χ3v) is 6.04. The van der Waals surface area contributed by atoms with Crippen LogP contribution in [-0.4, -0.2) is 57.1 Å². The van der Waals surface area contributed by atoms with Crippen molar-refractivity contribution in [3.05, 3.63) is 46.5 Å². The quantitative estimate of drug-likeness (QED) is 0.581. The molecule has 3 aliphatic rings. The van der Waals surface area contributed by atoms with Gasteiger partial charge in [-0.1, -0.05) is 12.5 Å². The van der Waals surface area contributed by atoms with Crippen LogP contribution >= 0.6 is 0 Å². The van der Waals surface area contributed by atoms with E-state index >= 15 is 0 Å². The molecule has 1 atom stereocenters. The topological polar surface area (TPSA) is 48.9 Å². The van der Waals surface area contributed by atoms with Gasteiger partial charge >= 0.3 is 0 Å². The van der Waals surface area contributed by atoms with Crippen LogP contribution in [0, 0.1) is 5.92 Å². The van der Waals surface area contributed by atoms with E-state index in [4.69, 9.17) is 9.73 Å². The van der Waals surface area contributed by atoms with Gasteiger partial charge in [-0.3, -0.25) is 4.99 Å². The molecule has 5 heteroatoms. The van der Waals surface area contributed by atoms with E-state index in [-0.39, 0.29) is 12.1 Å². The number of likely N-dealkylation sites (N-methyl/N-ethyl adjacent to an activating group) is 2. The Balaban J connectivity index is 1.67. The molecule has 1 unspecified atom stereocenters. The smallest absolute Gasteiger partial charge is 0.0620 e. The maximum Gasteiger partial charge on any atom is 0.0620 e. The first-order valence-electron chi connectivity index (χ1n) is 11.1. The fourth-order valence-electron chi connectivity index (χ4n) is 4.43. The van der Waals surface area contributed by atoms with E-state index in [2.05, 4.69) is 55.5 Å². The van der Waals surface area contributed by atoms with Gasteiger partial charge in [-0.05, 0) is 70.0 Å². The van der Waals surface area contributed by atoms with Crippen LogP contribution in [0.5, 0.6) is 0 Å². The van der Waals surface area contributed by atoms with Gasteiger partial charge < -0.3 is 20.3 Å². The Labute approximate surface area is 176 Å². The fraction of sp³-hybridized carbons (Fsp3) is 0.625. The van der Waals surface area contributed by atoms with Crippen LogP contribution in [0.25, 0.3) is 0 Å². The van der Waals surface area contributed by atoms with E-state index in [1.165, 1.54) is 41.7 Å². The first-order chi connectivity index (χ1) is 14.0. The molecule has 160 valence electrons. The lowest BCUT2D eigenvalue weighted by Crippen LogP contribution is -2.33. The molecular formula is C24H38N4O. The van der Waals surface area contributed by atoms with Gasteiger partial charge in [0.05, 0.1) is 25.3 Å². The molecule has 5 nitrogen and oxygen atoms in total. The number of ether oxygens (including phenoxy) is 1. The summed E-state index contributed by atoms with van der Waals surface area (Å²) in [5, 5.41) is 6.77. The minimum atomic E-state index is 0.184. The molecule has 1 saturated carbocycles. The zero-order chi connectivity index (χ0) is 20.8. The molecule has 0 aromatic heterocycles. The lowest BCUT2D eigenvalue weighted by molar-refractivity contribution is 0.0806. The van der Waals surface area contributed by atoms with Gasteiger partial charge in [0.25, 0.3) is 0 Å². The monoisotopic (exact) mass is 398 g/mol. The maximum atomic E-state index is 5.75. The second-order valence-corrected chi connectivity index (χ2v) is 8.70. The maximum absolute atomic E-state index is 5.75. The summed E-state index contributed by atoms with van der Waals surface area (Å²) < 4.78 is 5.75. The van der Waals surface area contributed by atoms with Crippen LogP contribution in [-0.2, 0) is 4.74 Å². The summed E-state index contributed by atoms with van der Waals surface area (Å²) in [6.07, 6.45) is 13.8. The van der Waals surface area contributed by atoms with Crippen LogP contribution in [0.4, 0.5) is 0 Å².